The first-order chi connectivity index (χ1) is 9.70. The molecule has 1 aliphatic carbocycles. The molecule has 0 radical (unpaired) electrons. The molecular weight excluding hydrogens is 254 g/mol. The minimum Gasteiger partial charge on any atom is -0.497 e. The third-order valence-electron chi connectivity index (χ3n) is 4.46. The van der Waals surface area contributed by atoms with Crippen LogP contribution in [0.25, 0.3) is 0 Å². The van der Waals surface area contributed by atoms with Gasteiger partial charge < -0.3 is 19.9 Å². The molecule has 0 heterocycles. The van der Waals surface area contributed by atoms with Crippen LogP contribution in [-0.2, 0) is 5.41 Å². The summed E-state index contributed by atoms with van der Waals surface area (Å²) in [7, 11) is 5.00. The summed E-state index contributed by atoms with van der Waals surface area (Å²) in [5.41, 5.74) is 7.24. The van der Waals surface area contributed by atoms with E-state index in [0.29, 0.717) is 12.3 Å². The number of ether oxygens (including phenoxy) is 3. The van der Waals surface area contributed by atoms with E-state index in [1.54, 1.807) is 21.3 Å². The molecule has 1 fully saturated rings. The zero-order valence-electron chi connectivity index (χ0n) is 12.7. The van der Waals surface area contributed by atoms with Crippen LogP contribution in [-0.4, -0.2) is 27.9 Å². The largest absolute Gasteiger partial charge is 0.497 e. The normalized spacial score (nSPS) is 17.6. The highest BCUT2D eigenvalue weighted by Gasteiger charge is 2.36. The topological polar surface area (TPSA) is 53.7 Å². The molecule has 0 saturated heterocycles. The van der Waals surface area contributed by atoms with Gasteiger partial charge >= 0.3 is 0 Å². The molecule has 1 aromatic rings. The Bertz CT molecular complexity index is 453. The lowest BCUT2D eigenvalue weighted by Crippen LogP contribution is -2.37. The molecule has 0 atom stereocenters. The van der Waals surface area contributed by atoms with E-state index in [2.05, 4.69) is 6.07 Å². The van der Waals surface area contributed by atoms with Crippen LogP contribution in [0.15, 0.2) is 12.1 Å². The molecule has 4 heteroatoms. The lowest BCUT2D eigenvalue weighted by molar-refractivity contribution is 0.279. The van der Waals surface area contributed by atoms with E-state index >= 15 is 0 Å². The molecule has 0 spiro atoms. The van der Waals surface area contributed by atoms with E-state index in [1.807, 2.05) is 6.07 Å². The number of benzene rings is 1. The molecule has 0 bridgehead atoms. The van der Waals surface area contributed by atoms with Crippen LogP contribution in [0.5, 0.6) is 17.2 Å². The fourth-order valence-corrected chi connectivity index (χ4v) is 3.26. The molecule has 2 N–H and O–H groups in total. The smallest absolute Gasteiger partial charge is 0.164 e. The van der Waals surface area contributed by atoms with Crippen molar-refractivity contribution in [2.75, 3.05) is 27.9 Å². The van der Waals surface area contributed by atoms with Crippen molar-refractivity contribution in [3.63, 3.8) is 0 Å². The molecule has 0 unspecified atom stereocenters. The second-order valence-electron chi connectivity index (χ2n) is 5.46. The standard InChI is InChI=1S/C16H25NO3/c1-18-12-9-13(15(20-3)14(10-12)19-2)16(11-17)7-5-4-6-8-16/h9-10H,4-8,11,17H2,1-3H3. The second-order valence-corrected chi connectivity index (χ2v) is 5.46. The third kappa shape index (κ3) is 2.57. The molecular formula is C16H25NO3. The van der Waals surface area contributed by atoms with Crippen molar-refractivity contribution in [1.82, 2.24) is 0 Å². The van der Waals surface area contributed by atoms with Gasteiger partial charge in [0.1, 0.15) is 5.75 Å². The summed E-state index contributed by atoms with van der Waals surface area (Å²) in [6.45, 7) is 0.625. The zero-order chi connectivity index (χ0) is 14.6. The van der Waals surface area contributed by atoms with E-state index in [4.69, 9.17) is 19.9 Å². The van der Waals surface area contributed by atoms with E-state index in [1.165, 1.54) is 19.3 Å². The monoisotopic (exact) mass is 279 g/mol. The third-order valence-corrected chi connectivity index (χ3v) is 4.46. The number of hydrogen-bond acceptors (Lipinski definition) is 4. The van der Waals surface area contributed by atoms with E-state index in [0.717, 1.165) is 29.9 Å². The predicted octanol–water partition coefficient (Wildman–Crippen LogP) is 2.87. The minimum absolute atomic E-state index is 0.0224. The van der Waals surface area contributed by atoms with Crippen LogP contribution in [0.3, 0.4) is 0 Å². The molecule has 0 amide bonds. The number of nitrogens with two attached hydrogens (primary N) is 1. The van der Waals surface area contributed by atoms with Crippen LogP contribution in [0.4, 0.5) is 0 Å². The Morgan fingerprint density at radius 1 is 1.00 bits per heavy atom. The highest BCUT2D eigenvalue weighted by Crippen LogP contribution is 2.47. The average molecular weight is 279 g/mol. The van der Waals surface area contributed by atoms with Crippen LogP contribution in [0.1, 0.15) is 37.7 Å². The van der Waals surface area contributed by atoms with Crippen molar-refractivity contribution in [1.29, 1.82) is 0 Å². The molecule has 2 rings (SSSR count). The Morgan fingerprint density at radius 3 is 2.20 bits per heavy atom. The van der Waals surface area contributed by atoms with Gasteiger partial charge in [0.25, 0.3) is 0 Å². The fraction of sp³-hybridized carbons (Fsp3) is 0.625. The van der Waals surface area contributed by atoms with Gasteiger partial charge in [-0.15, -0.1) is 0 Å². The van der Waals surface area contributed by atoms with E-state index in [-0.39, 0.29) is 5.41 Å². The molecule has 4 nitrogen and oxygen atoms in total. The van der Waals surface area contributed by atoms with Crippen LogP contribution in [0.2, 0.25) is 0 Å². The van der Waals surface area contributed by atoms with Gasteiger partial charge in [-0.25, -0.2) is 0 Å². The lowest BCUT2D eigenvalue weighted by Gasteiger charge is -2.38. The molecule has 0 aromatic heterocycles. The summed E-state index contributed by atoms with van der Waals surface area (Å²) in [6.07, 6.45) is 5.89. The summed E-state index contributed by atoms with van der Waals surface area (Å²) in [5.74, 6) is 2.29. The highest BCUT2D eigenvalue weighted by atomic mass is 16.5. The van der Waals surface area contributed by atoms with Crippen molar-refractivity contribution in [2.45, 2.75) is 37.5 Å². The molecule has 1 aliphatic rings. The van der Waals surface area contributed by atoms with Gasteiger partial charge in [-0.1, -0.05) is 19.3 Å². The van der Waals surface area contributed by atoms with E-state index in [9.17, 15) is 0 Å². The maximum atomic E-state index is 6.14. The van der Waals surface area contributed by atoms with Crippen LogP contribution in [0, 0.1) is 0 Å². The van der Waals surface area contributed by atoms with Gasteiger partial charge in [0.2, 0.25) is 0 Å². The average Bonchev–Trinajstić information content (AvgIpc) is 2.53. The van der Waals surface area contributed by atoms with Gasteiger partial charge in [0, 0.05) is 23.6 Å². The molecule has 20 heavy (non-hydrogen) atoms. The lowest BCUT2D eigenvalue weighted by atomic mass is 9.69. The first-order valence-electron chi connectivity index (χ1n) is 7.21. The zero-order valence-corrected chi connectivity index (χ0v) is 12.7. The maximum absolute atomic E-state index is 6.14. The first kappa shape index (κ1) is 15.0. The van der Waals surface area contributed by atoms with Crippen molar-refractivity contribution < 1.29 is 14.2 Å². The minimum atomic E-state index is -0.0224. The van der Waals surface area contributed by atoms with Crippen molar-refractivity contribution in [2.24, 2.45) is 5.73 Å². The fourth-order valence-electron chi connectivity index (χ4n) is 3.26. The van der Waals surface area contributed by atoms with Crippen molar-refractivity contribution in [3.05, 3.63) is 17.7 Å². The van der Waals surface area contributed by atoms with Gasteiger partial charge in [0.15, 0.2) is 11.5 Å². The molecule has 0 aliphatic heterocycles. The molecule has 112 valence electrons. The maximum Gasteiger partial charge on any atom is 0.164 e. The van der Waals surface area contributed by atoms with Crippen molar-refractivity contribution >= 4 is 0 Å². The Balaban J connectivity index is 2.57. The molecule has 1 aromatic carbocycles. The summed E-state index contributed by atoms with van der Waals surface area (Å²) in [4.78, 5) is 0. The predicted molar refractivity (Wildman–Crippen MR) is 79.9 cm³/mol. The first-order valence-corrected chi connectivity index (χ1v) is 7.21. The Hall–Kier alpha value is -1.42. The Labute approximate surface area is 121 Å². The van der Waals surface area contributed by atoms with Gasteiger partial charge in [-0.05, 0) is 18.9 Å². The van der Waals surface area contributed by atoms with Crippen LogP contribution >= 0.6 is 0 Å². The quantitative estimate of drug-likeness (QED) is 0.900. The number of methoxy groups -OCH3 is 3. The number of hydrogen-bond donors (Lipinski definition) is 1. The number of rotatable bonds is 5. The van der Waals surface area contributed by atoms with Crippen LogP contribution < -0.4 is 19.9 Å². The Kier molecular flexibility index (Phi) is 4.76. The van der Waals surface area contributed by atoms with Gasteiger partial charge in [-0.2, -0.15) is 0 Å². The summed E-state index contributed by atoms with van der Waals surface area (Å²) < 4.78 is 16.5. The van der Waals surface area contributed by atoms with Gasteiger partial charge in [-0.3, -0.25) is 0 Å². The van der Waals surface area contributed by atoms with E-state index < -0.39 is 0 Å². The summed E-state index contributed by atoms with van der Waals surface area (Å²) in [5, 5.41) is 0. The molecule has 1 saturated carbocycles. The van der Waals surface area contributed by atoms with Gasteiger partial charge in [0.05, 0.1) is 21.3 Å². The Morgan fingerprint density at radius 2 is 1.70 bits per heavy atom. The second kappa shape index (κ2) is 6.35. The highest BCUT2D eigenvalue weighted by molar-refractivity contribution is 5.55. The summed E-state index contributed by atoms with van der Waals surface area (Å²) >= 11 is 0. The summed E-state index contributed by atoms with van der Waals surface area (Å²) in [6, 6.07) is 3.91. The SMILES string of the molecule is COc1cc(OC)c(OC)c(C2(CN)CCCCC2)c1. The van der Waals surface area contributed by atoms with Crippen molar-refractivity contribution in [3.8, 4) is 17.2 Å².